The molecule has 0 aromatic heterocycles. The van der Waals surface area contributed by atoms with Crippen molar-refractivity contribution in [3.8, 4) is 11.1 Å². The minimum Gasteiger partial charge on any atom is -0.480 e. The first kappa shape index (κ1) is 20.5. The summed E-state index contributed by atoms with van der Waals surface area (Å²) in [5.41, 5.74) is 3.08. The van der Waals surface area contributed by atoms with Crippen LogP contribution in [0.25, 0.3) is 11.1 Å². The Kier molecular flexibility index (Phi) is 5.42. The van der Waals surface area contributed by atoms with Crippen LogP contribution in [0.1, 0.15) is 22.7 Å². The summed E-state index contributed by atoms with van der Waals surface area (Å²) in [6, 6.07) is 16.1. The van der Waals surface area contributed by atoms with Crippen molar-refractivity contribution in [2.24, 2.45) is 0 Å². The van der Waals surface area contributed by atoms with E-state index in [2.05, 4.69) is 0 Å². The fourth-order valence-electron chi connectivity index (χ4n) is 4.17. The highest BCUT2D eigenvalue weighted by Gasteiger charge is 2.42. The summed E-state index contributed by atoms with van der Waals surface area (Å²) in [7, 11) is 1.16. The van der Waals surface area contributed by atoms with Gasteiger partial charge in [0.15, 0.2) is 11.6 Å². The maximum Gasteiger partial charge on any atom is 0.411 e. The Balaban J connectivity index is 1.86. The molecule has 3 aromatic carbocycles. The van der Waals surface area contributed by atoms with Crippen molar-refractivity contribution in [2.75, 3.05) is 7.11 Å². The van der Waals surface area contributed by atoms with Gasteiger partial charge < -0.3 is 9.84 Å². The van der Waals surface area contributed by atoms with Gasteiger partial charge in [-0.05, 0) is 33.9 Å². The number of fused-ring (bicyclic) bond motifs is 3. The number of carboxylic acids is 1. The van der Waals surface area contributed by atoms with Crippen molar-refractivity contribution in [3.05, 3.63) is 95.1 Å². The number of aliphatic carboxylic acids is 1. The van der Waals surface area contributed by atoms with E-state index in [0.717, 1.165) is 40.3 Å². The van der Waals surface area contributed by atoms with Crippen LogP contribution < -0.4 is 0 Å². The lowest BCUT2D eigenvalue weighted by Crippen LogP contribution is -2.48. The lowest BCUT2D eigenvalue weighted by atomic mass is 9.98. The summed E-state index contributed by atoms with van der Waals surface area (Å²) in [5, 5.41) is 10.0. The van der Waals surface area contributed by atoms with Gasteiger partial charge in [0, 0.05) is 6.42 Å². The molecule has 0 spiro atoms. The monoisotopic (exact) mass is 423 g/mol. The molecule has 1 aliphatic rings. The van der Waals surface area contributed by atoms with E-state index >= 15 is 0 Å². The highest BCUT2D eigenvalue weighted by atomic mass is 19.2. The summed E-state index contributed by atoms with van der Waals surface area (Å²) >= 11 is 0. The number of rotatable bonds is 5. The number of halogens is 2. The van der Waals surface area contributed by atoms with Crippen LogP contribution in [0.15, 0.2) is 66.7 Å². The summed E-state index contributed by atoms with van der Waals surface area (Å²) < 4.78 is 33.0. The predicted molar refractivity (Wildman–Crippen MR) is 109 cm³/mol. The second-order valence-electron chi connectivity index (χ2n) is 7.23. The first-order chi connectivity index (χ1) is 14.9. The molecule has 31 heavy (non-hydrogen) atoms. The zero-order chi connectivity index (χ0) is 22.1. The van der Waals surface area contributed by atoms with E-state index in [-0.39, 0.29) is 5.56 Å². The van der Waals surface area contributed by atoms with Gasteiger partial charge in [0.25, 0.3) is 0 Å². The first-order valence-electron chi connectivity index (χ1n) is 9.64. The van der Waals surface area contributed by atoms with E-state index in [4.69, 9.17) is 4.74 Å². The fourth-order valence-corrected chi connectivity index (χ4v) is 4.17. The maximum absolute atomic E-state index is 14.3. The highest BCUT2D eigenvalue weighted by molar-refractivity contribution is 5.85. The minimum absolute atomic E-state index is 0.138. The standard InChI is InChI=1S/C24H19F2NO4/c1-31-24(30)27(20(23(28)29)13-14-7-6-12-19(25)21(14)26)22-17-10-4-2-8-15(17)16-9-3-5-11-18(16)22/h2-12,20,22H,13H2,1H3,(H,28,29)/t20-/m0/s1. The number of nitrogens with zero attached hydrogens (tertiary/aromatic N) is 1. The van der Waals surface area contributed by atoms with Crippen LogP contribution in [0.5, 0.6) is 0 Å². The number of methoxy groups -OCH3 is 1. The van der Waals surface area contributed by atoms with E-state index in [9.17, 15) is 23.5 Å². The number of ether oxygens (including phenoxy) is 1. The molecule has 1 amide bonds. The third-order valence-corrected chi connectivity index (χ3v) is 5.53. The van der Waals surface area contributed by atoms with Crippen LogP contribution in [-0.2, 0) is 16.0 Å². The molecule has 0 aliphatic heterocycles. The molecule has 1 atom stereocenters. The number of hydrogen-bond donors (Lipinski definition) is 1. The largest absolute Gasteiger partial charge is 0.480 e. The van der Waals surface area contributed by atoms with E-state index in [1.165, 1.54) is 12.1 Å². The Morgan fingerprint density at radius 3 is 2.10 bits per heavy atom. The predicted octanol–water partition coefficient (Wildman–Crippen LogP) is 4.80. The number of carbonyl (C=O) groups is 2. The Morgan fingerprint density at radius 1 is 0.968 bits per heavy atom. The van der Waals surface area contributed by atoms with Crippen molar-refractivity contribution >= 4 is 12.1 Å². The number of carboxylic acid groups (broad SMARTS) is 1. The molecule has 4 rings (SSSR count). The molecule has 5 nitrogen and oxygen atoms in total. The number of hydrogen-bond acceptors (Lipinski definition) is 3. The van der Waals surface area contributed by atoms with E-state index in [1.54, 1.807) is 12.1 Å². The van der Waals surface area contributed by atoms with Gasteiger partial charge >= 0.3 is 12.1 Å². The van der Waals surface area contributed by atoms with Crippen LogP contribution in [0.4, 0.5) is 13.6 Å². The van der Waals surface area contributed by atoms with Crippen LogP contribution in [0.2, 0.25) is 0 Å². The smallest absolute Gasteiger partial charge is 0.411 e. The lowest BCUT2D eigenvalue weighted by molar-refractivity contribution is -0.143. The third-order valence-electron chi connectivity index (χ3n) is 5.53. The van der Waals surface area contributed by atoms with E-state index in [0.29, 0.717) is 0 Å². The molecule has 1 aliphatic carbocycles. The molecule has 0 bridgehead atoms. The van der Waals surface area contributed by atoms with Gasteiger partial charge in [-0.15, -0.1) is 0 Å². The average Bonchev–Trinajstić information content (AvgIpc) is 3.10. The molecule has 7 heteroatoms. The minimum atomic E-state index is -1.49. The quantitative estimate of drug-likeness (QED) is 0.640. The molecule has 3 aromatic rings. The van der Waals surface area contributed by atoms with Gasteiger partial charge in [0.1, 0.15) is 6.04 Å². The van der Waals surface area contributed by atoms with Crippen molar-refractivity contribution < 1.29 is 28.2 Å². The molecule has 0 heterocycles. The molecule has 0 saturated heterocycles. The molecule has 158 valence electrons. The van der Waals surface area contributed by atoms with E-state index in [1.807, 2.05) is 36.4 Å². The maximum atomic E-state index is 14.3. The van der Waals surface area contributed by atoms with Gasteiger partial charge in [-0.1, -0.05) is 60.7 Å². The summed E-state index contributed by atoms with van der Waals surface area (Å²) in [5.74, 6) is -3.57. The van der Waals surface area contributed by atoms with Gasteiger partial charge in [0.05, 0.1) is 13.2 Å². The summed E-state index contributed by atoms with van der Waals surface area (Å²) in [4.78, 5) is 26.3. The van der Waals surface area contributed by atoms with Crippen LogP contribution >= 0.6 is 0 Å². The van der Waals surface area contributed by atoms with Gasteiger partial charge in [0.2, 0.25) is 0 Å². The Hall–Kier alpha value is -3.74. The topological polar surface area (TPSA) is 66.8 Å². The highest BCUT2D eigenvalue weighted by Crippen LogP contribution is 2.47. The summed E-state index contributed by atoms with van der Waals surface area (Å²) in [6.07, 6.45) is -1.30. The van der Waals surface area contributed by atoms with Crippen molar-refractivity contribution in [1.29, 1.82) is 0 Å². The zero-order valence-electron chi connectivity index (χ0n) is 16.6. The van der Waals surface area contributed by atoms with Crippen LogP contribution in [0, 0.1) is 11.6 Å². The van der Waals surface area contributed by atoms with Crippen molar-refractivity contribution in [2.45, 2.75) is 18.5 Å². The van der Waals surface area contributed by atoms with Crippen LogP contribution in [-0.4, -0.2) is 35.2 Å². The second-order valence-corrected chi connectivity index (χ2v) is 7.23. The molecule has 0 unspecified atom stereocenters. The Bertz CT molecular complexity index is 1120. The SMILES string of the molecule is COC(=O)N(C1c2ccccc2-c2ccccc21)[C@@H](Cc1cccc(F)c1F)C(=O)O. The molecular formula is C24H19F2NO4. The number of amides is 1. The fraction of sp³-hybridized carbons (Fsp3) is 0.167. The van der Waals surface area contributed by atoms with Gasteiger partial charge in [-0.3, -0.25) is 4.90 Å². The van der Waals surface area contributed by atoms with Crippen molar-refractivity contribution in [1.82, 2.24) is 4.90 Å². The number of benzene rings is 3. The molecule has 1 N–H and O–H groups in total. The second kappa shape index (κ2) is 8.18. The van der Waals surface area contributed by atoms with Crippen molar-refractivity contribution in [3.63, 3.8) is 0 Å². The normalized spacial score (nSPS) is 13.3. The molecule has 0 radical (unpaired) electrons. The Labute approximate surface area is 177 Å². The molecule has 0 fully saturated rings. The van der Waals surface area contributed by atoms with Gasteiger partial charge in [-0.2, -0.15) is 0 Å². The Morgan fingerprint density at radius 2 is 1.55 bits per heavy atom. The van der Waals surface area contributed by atoms with E-state index < -0.39 is 42.2 Å². The first-order valence-corrected chi connectivity index (χ1v) is 9.64. The van der Waals surface area contributed by atoms with Crippen LogP contribution in [0.3, 0.4) is 0 Å². The third kappa shape index (κ3) is 3.52. The summed E-state index contributed by atoms with van der Waals surface area (Å²) in [6.45, 7) is 0. The molecule has 0 saturated carbocycles. The molecular weight excluding hydrogens is 404 g/mol. The van der Waals surface area contributed by atoms with Gasteiger partial charge in [-0.25, -0.2) is 18.4 Å². The zero-order valence-corrected chi connectivity index (χ0v) is 16.6. The lowest BCUT2D eigenvalue weighted by Gasteiger charge is -2.34. The number of carbonyl (C=O) groups excluding carboxylic acids is 1. The average molecular weight is 423 g/mol.